The second kappa shape index (κ2) is 4.98. The number of amides is 1. The van der Waals surface area contributed by atoms with E-state index in [9.17, 15) is 14.9 Å². The molecule has 0 saturated heterocycles. The van der Waals surface area contributed by atoms with Crippen molar-refractivity contribution in [2.75, 3.05) is 7.05 Å². The van der Waals surface area contributed by atoms with E-state index in [2.05, 4.69) is 20.4 Å². The van der Waals surface area contributed by atoms with E-state index in [4.69, 9.17) is 11.6 Å². The first kappa shape index (κ1) is 12.9. The Hall–Kier alpha value is -2.55. The highest BCUT2D eigenvalue weighted by molar-refractivity contribution is 6.28. The predicted octanol–water partition coefficient (Wildman–Crippen LogP) is 0.583. The summed E-state index contributed by atoms with van der Waals surface area (Å²) in [6.45, 7) is 0. The molecule has 10 heteroatoms. The lowest BCUT2D eigenvalue weighted by atomic mass is 10.4. The van der Waals surface area contributed by atoms with Crippen molar-refractivity contribution >= 4 is 23.2 Å². The molecule has 0 fully saturated rings. The fraction of sp³-hybridized carbons (Fsp3) is 0.111. The average molecular weight is 283 g/mol. The smallest absolute Gasteiger partial charge is 0.331 e. The van der Waals surface area contributed by atoms with E-state index in [0.717, 1.165) is 10.9 Å². The van der Waals surface area contributed by atoms with E-state index in [1.54, 1.807) is 0 Å². The van der Waals surface area contributed by atoms with E-state index in [0.29, 0.717) is 0 Å². The minimum Gasteiger partial charge on any atom is -0.354 e. The highest BCUT2D eigenvalue weighted by Crippen LogP contribution is 2.20. The average Bonchev–Trinajstić information content (AvgIpc) is 2.86. The summed E-state index contributed by atoms with van der Waals surface area (Å²) in [5, 5.41) is 17.0. The van der Waals surface area contributed by atoms with E-state index in [-0.39, 0.29) is 22.5 Å². The van der Waals surface area contributed by atoms with Crippen LogP contribution in [0.2, 0.25) is 5.28 Å². The Morgan fingerprint density at radius 2 is 2.32 bits per heavy atom. The zero-order valence-corrected chi connectivity index (χ0v) is 10.3. The van der Waals surface area contributed by atoms with Crippen LogP contribution < -0.4 is 5.32 Å². The van der Waals surface area contributed by atoms with E-state index >= 15 is 0 Å². The number of hydrogen-bond donors (Lipinski definition) is 1. The van der Waals surface area contributed by atoms with Crippen LogP contribution in [-0.2, 0) is 0 Å². The number of halogens is 1. The largest absolute Gasteiger partial charge is 0.354 e. The SMILES string of the molecule is CNC(=O)c1ccn(-c2nc(Cl)ncc2[N+](=O)[O-])n1. The number of aromatic nitrogens is 4. The molecule has 0 aliphatic carbocycles. The highest BCUT2D eigenvalue weighted by Gasteiger charge is 2.20. The summed E-state index contributed by atoms with van der Waals surface area (Å²) < 4.78 is 1.09. The standard InChI is InChI=1S/C9H7ClN6O3/c1-11-8(17)5-2-3-15(14-5)7-6(16(18)19)4-12-9(10)13-7/h2-4H,1H3,(H,11,17). The number of carbonyl (C=O) groups excluding carboxylic acids is 1. The molecule has 0 radical (unpaired) electrons. The van der Waals surface area contributed by atoms with Gasteiger partial charge in [0.2, 0.25) is 11.1 Å². The molecular formula is C9H7ClN6O3. The molecule has 2 rings (SSSR count). The van der Waals surface area contributed by atoms with Gasteiger partial charge < -0.3 is 5.32 Å². The third kappa shape index (κ3) is 2.50. The van der Waals surface area contributed by atoms with Crippen LogP contribution in [0, 0.1) is 10.1 Å². The normalized spacial score (nSPS) is 10.2. The van der Waals surface area contributed by atoms with Crippen LogP contribution in [0.1, 0.15) is 10.5 Å². The second-order valence-electron chi connectivity index (χ2n) is 3.33. The number of nitrogens with zero attached hydrogens (tertiary/aromatic N) is 5. The minimum absolute atomic E-state index is 0.103. The maximum Gasteiger partial charge on any atom is 0.331 e. The van der Waals surface area contributed by atoms with Crippen molar-refractivity contribution in [2.24, 2.45) is 0 Å². The van der Waals surface area contributed by atoms with Crippen molar-refractivity contribution < 1.29 is 9.72 Å². The quantitative estimate of drug-likeness (QED) is 0.500. The summed E-state index contributed by atoms with van der Waals surface area (Å²) >= 11 is 5.60. The zero-order chi connectivity index (χ0) is 14.0. The first-order valence-corrected chi connectivity index (χ1v) is 5.35. The van der Waals surface area contributed by atoms with Crippen LogP contribution in [0.3, 0.4) is 0 Å². The monoisotopic (exact) mass is 282 g/mol. The molecule has 98 valence electrons. The first-order valence-electron chi connectivity index (χ1n) is 4.98. The third-order valence-electron chi connectivity index (χ3n) is 2.18. The van der Waals surface area contributed by atoms with Crippen LogP contribution in [0.5, 0.6) is 0 Å². The highest BCUT2D eigenvalue weighted by atomic mass is 35.5. The molecule has 19 heavy (non-hydrogen) atoms. The first-order chi connectivity index (χ1) is 9.02. The number of carbonyl (C=O) groups is 1. The van der Waals surface area contributed by atoms with Gasteiger partial charge in [-0.25, -0.2) is 9.67 Å². The molecule has 0 saturated carbocycles. The van der Waals surface area contributed by atoms with Crippen LogP contribution in [0.15, 0.2) is 18.5 Å². The molecule has 1 N–H and O–H groups in total. The van der Waals surface area contributed by atoms with E-state index in [1.807, 2.05) is 0 Å². The van der Waals surface area contributed by atoms with Crippen molar-refractivity contribution in [1.82, 2.24) is 25.1 Å². The number of rotatable bonds is 3. The van der Waals surface area contributed by atoms with Crippen molar-refractivity contribution in [3.63, 3.8) is 0 Å². The number of hydrogen-bond acceptors (Lipinski definition) is 6. The molecule has 0 atom stereocenters. The molecule has 0 spiro atoms. The van der Waals surface area contributed by atoms with Crippen molar-refractivity contribution in [3.8, 4) is 5.82 Å². The molecule has 2 aromatic rings. The summed E-state index contributed by atoms with van der Waals surface area (Å²) in [6.07, 6.45) is 2.35. The fourth-order valence-electron chi connectivity index (χ4n) is 1.33. The van der Waals surface area contributed by atoms with Crippen LogP contribution >= 0.6 is 11.6 Å². The summed E-state index contributed by atoms with van der Waals surface area (Å²) in [5.41, 5.74) is -0.262. The minimum atomic E-state index is -0.660. The summed E-state index contributed by atoms with van der Waals surface area (Å²) in [6, 6.07) is 1.40. The second-order valence-corrected chi connectivity index (χ2v) is 3.67. The van der Waals surface area contributed by atoms with Crippen molar-refractivity contribution in [1.29, 1.82) is 0 Å². The Bertz CT molecular complexity index is 655. The van der Waals surface area contributed by atoms with Crippen molar-refractivity contribution in [3.05, 3.63) is 39.6 Å². The molecule has 0 aliphatic heterocycles. The van der Waals surface area contributed by atoms with Gasteiger partial charge in [-0.3, -0.25) is 14.9 Å². The molecule has 9 nitrogen and oxygen atoms in total. The fourth-order valence-corrected chi connectivity index (χ4v) is 1.46. The molecule has 0 aliphatic rings. The Morgan fingerprint density at radius 1 is 1.58 bits per heavy atom. The molecule has 1 amide bonds. The van der Waals surface area contributed by atoms with Gasteiger partial charge in [-0.15, -0.1) is 0 Å². The summed E-state index contributed by atoms with van der Waals surface area (Å²) in [5.74, 6) is -0.526. The van der Waals surface area contributed by atoms with E-state index < -0.39 is 10.8 Å². The summed E-state index contributed by atoms with van der Waals surface area (Å²) in [4.78, 5) is 28.9. The van der Waals surface area contributed by atoms with E-state index in [1.165, 1.54) is 19.3 Å². The zero-order valence-electron chi connectivity index (χ0n) is 9.57. The number of nitro groups is 1. The Labute approximate surface area is 111 Å². The molecule has 2 heterocycles. The summed E-state index contributed by atoms with van der Waals surface area (Å²) in [7, 11) is 1.45. The predicted molar refractivity (Wildman–Crippen MR) is 64.2 cm³/mol. The Balaban J connectivity index is 2.52. The molecule has 0 bridgehead atoms. The van der Waals surface area contributed by atoms with Gasteiger partial charge >= 0.3 is 5.69 Å². The maximum atomic E-state index is 11.4. The molecule has 0 aromatic carbocycles. The van der Waals surface area contributed by atoms with Gasteiger partial charge in [0.15, 0.2) is 5.69 Å². The van der Waals surface area contributed by atoms with Gasteiger partial charge in [0.25, 0.3) is 5.91 Å². The topological polar surface area (TPSA) is 116 Å². The Morgan fingerprint density at radius 3 is 2.95 bits per heavy atom. The van der Waals surface area contributed by atoms with Crippen LogP contribution in [0.4, 0.5) is 5.69 Å². The van der Waals surface area contributed by atoms with Gasteiger partial charge in [-0.05, 0) is 17.7 Å². The maximum absolute atomic E-state index is 11.4. The van der Waals surface area contributed by atoms with Crippen molar-refractivity contribution in [2.45, 2.75) is 0 Å². The molecule has 0 unspecified atom stereocenters. The van der Waals surface area contributed by atoms with Crippen LogP contribution in [-0.4, -0.2) is 37.6 Å². The van der Waals surface area contributed by atoms with Gasteiger partial charge in [-0.2, -0.15) is 10.1 Å². The lowest BCUT2D eigenvalue weighted by Crippen LogP contribution is -2.18. The van der Waals surface area contributed by atoms with Crippen LogP contribution in [0.25, 0.3) is 5.82 Å². The van der Waals surface area contributed by atoms with Gasteiger partial charge in [-0.1, -0.05) is 0 Å². The van der Waals surface area contributed by atoms with Gasteiger partial charge in [0.05, 0.1) is 4.92 Å². The molecule has 2 aromatic heterocycles. The lowest BCUT2D eigenvalue weighted by molar-refractivity contribution is -0.385. The molecular weight excluding hydrogens is 276 g/mol. The van der Waals surface area contributed by atoms with Gasteiger partial charge in [0, 0.05) is 13.2 Å². The Kier molecular flexibility index (Phi) is 3.38. The number of nitrogens with one attached hydrogen (secondary N) is 1. The third-order valence-corrected chi connectivity index (χ3v) is 2.37. The lowest BCUT2D eigenvalue weighted by Gasteiger charge is -2.01. The van der Waals surface area contributed by atoms with Gasteiger partial charge in [0.1, 0.15) is 6.20 Å².